The zero-order valence-electron chi connectivity index (χ0n) is 19.5. The van der Waals surface area contributed by atoms with E-state index in [-0.39, 0.29) is 40.3 Å². The highest BCUT2D eigenvalue weighted by atomic mass is 35.5. The van der Waals surface area contributed by atoms with Crippen molar-refractivity contribution in [3.8, 4) is 11.3 Å². The van der Waals surface area contributed by atoms with Crippen LogP contribution < -0.4 is 5.32 Å². The first-order chi connectivity index (χ1) is 17.8. The van der Waals surface area contributed by atoms with Crippen LogP contribution in [0.1, 0.15) is 23.2 Å². The van der Waals surface area contributed by atoms with Gasteiger partial charge in [-0.15, -0.1) is 0 Å². The lowest BCUT2D eigenvalue weighted by Gasteiger charge is -2.09. The van der Waals surface area contributed by atoms with E-state index < -0.39 is 18.1 Å². The van der Waals surface area contributed by atoms with E-state index in [4.69, 9.17) is 11.6 Å². The highest BCUT2D eigenvalue weighted by Crippen LogP contribution is 2.33. The second-order valence-electron chi connectivity index (χ2n) is 8.38. The van der Waals surface area contributed by atoms with Gasteiger partial charge in [0.2, 0.25) is 5.91 Å². The zero-order valence-corrected chi connectivity index (χ0v) is 20.3. The predicted molar refractivity (Wildman–Crippen MR) is 134 cm³/mol. The van der Waals surface area contributed by atoms with Crippen LogP contribution in [0, 0.1) is 12.7 Å². The number of carbonyl (C=O) groups excluding carboxylic acids is 1. The van der Waals surface area contributed by atoms with E-state index >= 15 is 0 Å². The zero-order chi connectivity index (χ0) is 26.1. The summed E-state index contributed by atoms with van der Waals surface area (Å²) in [4.78, 5) is 17.4. The summed E-state index contributed by atoms with van der Waals surface area (Å²) in [6, 6.07) is 14.7. The summed E-state index contributed by atoms with van der Waals surface area (Å²) in [6.45, 7) is 1.42. The molecule has 11 heteroatoms. The number of carbonyl (C=O) groups is 1. The number of hydrogen-bond acceptors (Lipinski definition) is 4. The maximum Gasteiger partial charge on any atom is 0.264 e. The van der Waals surface area contributed by atoms with E-state index in [1.165, 1.54) is 40.0 Å². The molecule has 7 nitrogen and oxygen atoms in total. The summed E-state index contributed by atoms with van der Waals surface area (Å²) in [5.41, 5.74) is 2.02. The second-order valence-corrected chi connectivity index (χ2v) is 8.79. The molecule has 37 heavy (non-hydrogen) atoms. The average molecular weight is 525 g/mol. The second kappa shape index (κ2) is 10.1. The Hall–Kier alpha value is -4.18. The van der Waals surface area contributed by atoms with Gasteiger partial charge in [0, 0.05) is 27.9 Å². The van der Waals surface area contributed by atoms with Gasteiger partial charge < -0.3 is 5.32 Å². The van der Waals surface area contributed by atoms with Gasteiger partial charge in [-0.1, -0.05) is 48.0 Å². The van der Waals surface area contributed by atoms with Crippen LogP contribution in [-0.2, 0) is 17.9 Å². The van der Waals surface area contributed by atoms with E-state index in [0.717, 1.165) is 0 Å². The molecular formula is C26H20ClF3N6O. The standard InChI is InChI=1S/C26H20ClF3N6O/c1-15-24-18(25(29)30)10-22(16-6-3-2-4-7-16)33-26(24)36(34-15)14-23(37)32-17-11-31-35(12-17)13-19-20(27)8-5-9-21(19)28/h2-12,25H,13-14H2,1H3,(H,32,37). The number of anilines is 1. The first-order valence-corrected chi connectivity index (χ1v) is 11.6. The number of aryl methyl sites for hydroxylation is 1. The van der Waals surface area contributed by atoms with E-state index in [1.807, 2.05) is 6.07 Å². The quantitative estimate of drug-likeness (QED) is 0.282. The van der Waals surface area contributed by atoms with E-state index in [9.17, 15) is 18.0 Å². The lowest BCUT2D eigenvalue weighted by molar-refractivity contribution is -0.116. The number of alkyl halides is 2. The molecule has 5 rings (SSSR count). The first-order valence-electron chi connectivity index (χ1n) is 11.3. The molecule has 0 spiro atoms. The van der Waals surface area contributed by atoms with Crippen LogP contribution in [0.5, 0.6) is 0 Å². The third-order valence-corrected chi connectivity index (χ3v) is 6.16. The Morgan fingerprint density at radius 1 is 1.14 bits per heavy atom. The molecular weight excluding hydrogens is 505 g/mol. The van der Waals surface area contributed by atoms with Crippen LogP contribution in [0.2, 0.25) is 5.02 Å². The number of pyridine rings is 1. The van der Waals surface area contributed by atoms with Crippen molar-refractivity contribution in [1.82, 2.24) is 24.5 Å². The molecule has 188 valence electrons. The van der Waals surface area contributed by atoms with Gasteiger partial charge in [-0.3, -0.25) is 9.48 Å². The van der Waals surface area contributed by atoms with Crippen molar-refractivity contribution in [2.45, 2.75) is 26.4 Å². The van der Waals surface area contributed by atoms with Gasteiger partial charge in [-0.25, -0.2) is 22.8 Å². The van der Waals surface area contributed by atoms with Crippen molar-refractivity contribution in [2.24, 2.45) is 0 Å². The summed E-state index contributed by atoms with van der Waals surface area (Å²) in [7, 11) is 0. The minimum Gasteiger partial charge on any atom is -0.322 e. The Morgan fingerprint density at radius 3 is 2.65 bits per heavy atom. The SMILES string of the molecule is Cc1nn(CC(=O)Nc2cnn(Cc3c(F)cccc3Cl)c2)c2nc(-c3ccccc3)cc(C(F)F)c12. The molecule has 0 aliphatic heterocycles. The largest absolute Gasteiger partial charge is 0.322 e. The Labute approximate surface area is 214 Å². The molecule has 0 bridgehead atoms. The fourth-order valence-corrected chi connectivity index (χ4v) is 4.35. The molecule has 1 amide bonds. The van der Waals surface area contributed by atoms with Crippen molar-refractivity contribution in [3.63, 3.8) is 0 Å². The van der Waals surface area contributed by atoms with Crippen molar-refractivity contribution >= 4 is 34.2 Å². The molecule has 0 aliphatic carbocycles. The Morgan fingerprint density at radius 2 is 1.92 bits per heavy atom. The number of hydrogen-bond donors (Lipinski definition) is 1. The molecule has 0 fully saturated rings. The third-order valence-electron chi connectivity index (χ3n) is 5.80. The molecule has 0 saturated carbocycles. The van der Waals surface area contributed by atoms with Gasteiger partial charge >= 0.3 is 0 Å². The van der Waals surface area contributed by atoms with E-state index in [0.29, 0.717) is 22.6 Å². The van der Waals surface area contributed by atoms with Crippen molar-refractivity contribution in [3.05, 3.63) is 94.7 Å². The van der Waals surface area contributed by atoms with Gasteiger partial charge in [0.05, 0.1) is 35.2 Å². The highest BCUT2D eigenvalue weighted by Gasteiger charge is 2.22. The number of nitrogens with zero attached hydrogens (tertiary/aromatic N) is 5. The fourth-order valence-electron chi connectivity index (χ4n) is 4.12. The lowest BCUT2D eigenvalue weighted by atomic mass is 10.1. The van der Waals surface area contributed by atoms with E-state index in [2.05, 4.69) is 20.5 Å². The smallest absolute Gasteiger partial charge is 0.264 e. The number of aromatic nitrogens is 5. The minimum absolute atomic E-state index is 0.0763. The van der Waals surface area contributed by atoms with Gasteiger partial charge in [0.1, 0.15) is 12.4 Å². The van der Waals surface area contributed by atoms with Crippen LogP contribution in [-0.4, -0.2) is 30.5 Å². The highest BCUT2D eigenvalue weighted by molar-refractivity contribution is 6.31. The summed E-state index contributed by atoms with van der Waals surface area (Å²) >= 11 is 6.08. The summed E-state index contributed by atoms with van der Waals surface area (Å²) < 4.78 is 44.7. The predicted octanol–water partition coefficient (Wildman–Crippen LogP) is 6.02. The molecule has 3 aromatic heterocycles. The van der Waals surface area contributed by atoms with Gasteiger partial charge in [0.25, 0.3) is 6.43 Å². The molecule has 5 aromatic rings. The summed E-state index contributed by atoms with van der Waals surface area (Å²) in [5.74, 6) is -0.918. The van der Waals surface area contributed by atoms with Crippen molar-refractivity contribution in [2.75, 3.05) is 5.32 Å². The third kappa shape index (κ3) is 5.05. The molecule has 0 saturated heterocycles. The number of nitrogens with one attached hydrogen (secondary N) is 1. The van der Waals surface area contributed by atoms with Crippen molar-refractivity contribution < 1.29 is 18.0 Å². The Bertz CT molecular complexity index is 1580. The van der Waals surface area contributed by atoms with Gasteiger partial charge in [-0.2, -0.15) is 10.2 Å². The molecule has 0 radical (unpaired) electrons. The monoisotopic (exact) mass is 524 g/mol. The number of amides is 1. The summed E-state index contributed by atoms with van der Waals surface area (Å²) in [6.07, 6.45) is 0.208. The topological polar surface area (TPSA) is 77.6 Å². The minimum atomic E-state index is -2.74. The molecule has 3 heterocycles. The maximum atomic E-state index is 14.1. The van der Waals surface area contributed by atoms with Crippen molar-refractivity contribution in [1.29, 1.82) is 0 Å². The molecule has 0 unspecified atom stereocenters. The summed E-state index contributed by atoms with van der Waals surface area (Å²) in [5, 5.41) is 11.6. The van der Waals surface area contributed by atoms with Crippen LogP contribution in [0.3, 0.4) is 0 Å². The Balaban J connectivity index is 1.39. The first kappa shape index (κ1) is 24.5. The number of rotatable bonds is 7. The lowest BCUT2D eigenvalue weighted by Crippen LogP contribution is -2.19. The maximum absolute atomic E-state index is 14.1. The molecule has 0 atom stereocenters. The molecule has 2 aromatic carbocycles. The van der Waals surface area contributed by atoms with Crippen LogP contribution in [0.15, 0.2) is 67.0 Å². The van der Waals surface area contributed by atoms with Crippen LogP contribution in [0.4, 0.5) is 18.9 Å². The number of fused-ring (bicyclic) bond motifs is 1. The van der Waals surface area contributed by atoms with E-state index in [1.54, 1.807) is 37.3 Å². The molecule has 0 aliphatic rings. The van der Waals surface area contributed by atoms with Crippen LogP contribution >= 0.6 is 11.6 Å². The number of benzene rings is 2. The molecule has 1 N–H and O–H groups in total. The normalized spacial score (nSPS) is 11.4. The average Bonchev–Trinajstić information content (AvgIpc) is 3.44. The number of halogens is 4. The van der Waals surface area contributed by atoms with Crippen LogP contribution in [0.25, 0.3) is 22.3 Å². The van der Waals surface area contributed by atoms with Gasteiger partial charge in [-0.05, 0) is 25.1 Å². The van der Waals surface area contributed by atoms with Gasteiger partial charge in [0.15, 0.2) is 5.65 Å². The fraction of sp³-hybridized carbons (Fsp3) is 0.154. The Kier molecular flexibility index (Phi) is 6.66.